The first-order valence-corrected chi connectivity index (χ1v) is 7.72. The fraction of sp³-hybridized carbons (Fsp3) is 1.00. The Labute approximate surface area is 83.4 Å². The molecule has 0 saturated carbocycles. The van der Waals surface area contributed by atoms with E-state index >= 15 is 0 Å². The lowest BCUT2D eigenvalue weighted by molar-refractivity contribution is 0.581. The van der Waals surface area contributed by atoms with Gasteiger partial charge in [0.05, 0.1) is 5.75 Å². The first-order chi connectivity index (χ1) is 5.77. The molecule has 0 rings (SSSR count). The van der Waals surface area contributed by atoms with Gasteiger partial charge in [-0.05, 0) is 6.42 Å². The standard InChI is InChI=1S/C5H12ClNO4S2/c1-12(8,9)4-2-3-7-13(10,11)5-6/h7H,2-5H2,1H3. The Morgan fingerprint density at radius 1 is 1.23 bits per heavy atom. The smallest absolute Gasteiger partial charge is 0.225 e. The molecule has 0 atom stereocenters. The number of hydrogen-bond donors (Lipinski definition) is 1. The molecule has 0 aliphatic heterocycles. The van der Waals surface area contributed by atoms with E-state index in [1.165, 1.54) is 0 Å². The monoisotopic (exact) mass is 249 g/mol. The van der Waals surface area contributed by atoms with Gasteiger partial charge in [-0.1, -0.05) is 0 Å². The summed E-state index contributed by atoms with van der Waals surface area (Å²) in [6.45, 7) is 0.0993. The maximum atomic E-state index is 10.7. The highest BCUT2D eigenvalue weighted by atomic mass is 35.5. The summed E-state index contributed by atoms with van der Waals surface area (Å²) in [5.74, 6) is -0.0300. The van der Waals surface area contributed by atoms with E-state index < -0.39 is 25.1 Å². The third kappa shape index (κ3) is 8.48. The number of halogens is 1. The van der Waals surface area contributed by atoms with Crippen molar-refractivity contribution in [1.82, 2.24) is 4.72 Å². The molecule has 0 aliphatic rings. The summed E-state index contributed by atoms with van der Waals surface area (Å²) >= 11 is 5.09. The van der Waals surface area contributed by atoms with Crippen LogP contribution in [0.4, 0.5) is 0 Å². The van der Waals surface area contributed by atoms with Crippen molar-refractivity contribution in [2.24, 2.45) is 0 Å². The average Bonchev–Trinajstić information content (AvgIpc) is 1.97. The lowest BCUT2D eigenvalue weighted by Crippen LogP contribution is -2.26. The highest BCUT2D eigenvalue weighted by molar-refractivity contribution is 7.91. The molecule has 1 N–H and O–H groups in total. The van der Waals surface area contributed by atoms with Crippen LogP contribution in [0.2, 0.25) is 0 Å². The van der Waals surface area contributed by atoms with Gasteiger partial charge in [0, 0.05) is 12.8 Å². The van der Waals surface area contributed by atoms with Crippen molar-refractivity contribution in [3.8, 4) is 0 Å². The molecular weight excluding hydrogens is 238 g/mol. The molecule has 13 heavy (non-hydrogen) atoms. The average molecular weight is 250 g/mol. The minimum atomic E-state index is -3.42. The Hall–Kier alpha value is 0.150. The molecule has 0 bridgehead atoms. The lowest BCUT2D eigenvalue weighted by atomic mass is 10.5. The quantitative estimate of drug-likeness (QED) is 0.510. The SMILES string of the molecule is CS(=O)(=O)CCCNS(=O)(=O)CCl. The molecule has 0 radical (unpaired) electrons. The summed E-state index contributed by atoms with van der Waals surface area (Å²) in [5.41, 5.74) is 0. The fourth-order valence-electron chi connectivity index (χ4n) is 0.601. The Morgan fingerprint density at radius 2 is 1.77 bits per heavy atom. The molecule has 0 aromatic rings. The predicted molar refractivity (Wildman–Crippen MR) is 52.0 cm³/mol. The normalized spacial score (nSPS) is 13.1. The van der Waals surface area contributed by atoms with Crippen LogP contribution in [0.1, 0.15) is 6.42 Å². The third-order valence-corrected chi connectivity index (χ3v) is 3.98. The van der Waals surface area contributed by atoms with E-state index in [1.807, 2.05) is 0 Å². The Kier molecular flexibility index (Phi) is 5.19. The van der Waals surface area contributed by atoms with E-state index in [0.717, 1.165) is 6.26 Å². The zero-order chi connectivity index (χ0) is 10.5. The van der Waals surface area contributed by atoms with E-state index in [2.05, 4.69) is 4.72 Å². The molecule has 0 aliphatic carbocycles. The minimum Gasteiger partial charge on any atom is -0.229 e. The summed E-state index contributed by atoms with van der Waals surface area (Å²) in [4.78, 5) is 0. The molecule has 0 spiro atoms. The summed E-state index contributed by atoms with van der Waals surface area (Å²) < 4.78 is 44.9. The predicted octanol–water partition coefficient (Wildman–Crippen LogP) is -0.463. The summed E-state index contributed by atoms with van der Waals surface area (Å²) in [6, 6.07) is 0. The van der Waals surface area contributed by atoms with Gasteiger partial charge in [-0.25, -0.2) is 21.6 Å². The fourth-order valence-corrected chi connectivity index (χ4v) is 2.03. The molecule has 0 fully saturated rings. The van der Waals surface area contributed by atoms with Crippen LogP contribution in [-0.2, 0) is 19.9 Å². The van der Waals surface area contributed by atoms with Gasteiger partial charge in [0.25, 0.3) is 0 Å². The number of sulfone groups is 1. The second kappa shape index (κ2) is 5.14. The Bertz CT molecular complexity index is 334. The van der Waals surface area contributed by atoms with Crippen molar-refractivity contribution in [3.05, 3.63) is 0 Å². The van der Waals surface area contributed by atoms with Gasteiger partial charge in [0.1, 0.15) is 15.0 Å². The molecule has 5 nitrogen and oxygen atoms in total. The van der Waals surface area contributed by atoms with Gasteiger partial charge in [-0.2, -0.15) is 0 Å². The molecule has 8 heteroatoms. The maximum Gasteiger partial charge on any atom is 0.225 e. The summed E-state index contributed by atoms with van der Waals surface area (Å²) in [5, 5.41) is -0.508. The molecule has 0 saturated heterocycles. The second-order valence-electron chi connectivity index (χ2n) is 2.60. The zero-order valence-electron chi connectivity index (χ0n) is 7.16. The molecule has 0 amide bonds. The van der Waals surface area contributed by atoms with Crippen LogP contribution in [0.3, 0.4) is 0 Å². The van der Waals surface area contributed by atoms with Crippen LogP contribution in [0.5, 0.6) is 0 Å². The largest absolute Gasteiger partial charge is 0.229 e. The second-order valence-corrected chi connectivity index (χ2v) is 7.25. The van der Waals surface area contributed by atoms with Gasteiger partial charge in [0.15, 0.2) is 0 Å². The number of alkyl halides is 1. The first kappa shape index (κ1) is 13.2. The van der Waals surface area contributed by atoms with Crippen LogP contribution in [0, 0.1) is 0 Å². The minimum absolute atomic E-state index is 0.0300. The van der Waals surface area contributed by atoms with E-state index in [4.69, 9.17) is 11.6 Å². The first-order valence-electron chi connectivity index (χ1n) is 3.48. The van der Waals surface area contributed by atoms with Crippen molar-refractivity contribution in [2.45, 2.75) is 6.42 Å². The topological polar surface area (TPSA) is 80.3 Å². The van der Waals surface area contributed by atoms with Crippen molar-refractivity contribution in [3.63, 3.8) is 0 Å². The summed E-state index contributed by atoms with van der Waals surface area (Å²) in [6.07, 6.45) is 1.36. The van der Waals surface area contributed by atoms with Crippen molar-refractivity contribution < 1.29 is 16.8 Å². The van der Waals surface area contributed by atoms with Gasteiger partial charge in [-0.3, -0.25) is 0 Å². The molecule has 80 valence electrons. The van der Waals surface area contributed by atoms with Crippen molar-refractivity contribution in [2.75, 3.05) is 23.8 Å². The molecule has 0 aromatic heterocycles. The molecule has 0 aromatic carbocycles. The number of nitrogens with one attached hydrogen (secondary N) is 1. The number of sulfonamides is 1. The van der Waals surface area contributed by atoms with Gasteiger partial charge < -0.3 is 0 Å². The van der Waals surface area contributed by atoms with Crippen molar-refractivity contribution >= 4 is 31.5 Å². The maximum absolute atomic E-state index is 10.7. The lowest BCUT2D eigenvalue weighted by Gasteiger charge is -2.02. The van der Waals surface area contributed by atoms with Gasteiger partial charge >= 0.3 is 0 Å². The molecule has 0 heterocycles. The van der Waals surface area contributed by atoms with Gasteiger partial charge in [0.2, 0.25) is 10.0 Å². The van der Waals surface area contributed by atoms with Crippen LogP contribution < -0.4 is 4.72 Å². The van der Waals surface area contributed by atoms with E-state index in [-0.39, 0.29) is 18.7 Å². The van der Waals surface area contributed by atoms with Crippen LogP contribution in [0.25, 0.3) is 0 Å². The zero-order valence-corrected chi connectivity index (χ0v) is 9.54. The molecular formula is C5H12ClNO4S2. The Balaban J connectivity index is 3.71. The van der Waals surface area contributed by atoms with Gasteiger partial charge in [-0.15, -0.1) is 11.6 Å². The number of rotatable bonds is 6. The van der Waals surface area contributed by atoms with E-state index in [0.29, 0.717) is 0 Å². The van der Waals surface area contributed by atoms with E-state index in [9.17, 15) is 16.8 Å². The highest BCUT2D eigenvalue weighted by Gasteiger charge is 2.07. The molecule has 0 unspecified atom stereocenters. The number of hydrogen-bond acceptors (Lipinski definition) is 4. The van der Waals surface area contributed by atoms with Crippen LogP contribution in [0.15, 0.2) is 0 Å². The van der Waals surface area contributed by atoms with E-state index in [1.54, 1.807) is 0 Å². The summed E-state index contributed by atoms with van der Waals surface area (Å²) in [7, 11) is -6.43. The van der Waals surface area contributed by atoms with Crippen LogP contribution in [-0.4, -0.2) is 40.6 Å². The third-order valence-electron chi connectivity index (χ3n) is 1.16. The van der Waals surface area contributed by atoms with Crippen molar-refractivity contribution in [1.29, 1.82) is 0 Å². The Morgan fingerprint density at radius 3 is 2.15 bits per heavy atom. The highest BCUT2D eigenvalue weighted by Crippen LogP contribution is 1.91. The van der Waals surface area contributed by atoms with Crippen LogP contribution >= 0.6 is 11.6 Å².